The predicted molar refractivity (Wildman–Crippen MR) is 107 cm³/mol. The van der Waals surface area contributed by atoms with Gasteiger partial charge in [0.05, 0.1) is 11.9 Å². The number of aliphatic hydroxyl groups excluding tert-OH is 1. The molecule has 1 atom stereocenters. The van der Waals surface area contributed by atoms with Gasteiger partial charge in [-0.1, -0.05) is 39.0 Å². The Labute approximate surface area is 155 Å². The van der Waals surface area contributed by atoms with Gasteiger partial charge in [0.1, 0.15) is 24.3 Å². The van der Waals surface area contributed by atoms with Gasteiger partial charge in [-0.05, 0) is 29.2 Å². The zero-order valence-electron chi connectivity index (χ0n) is 15.8. The normalized spacial score (nSPS) is 12.6. The summed E-state index contributed by atoms with van der Waals surface area (Å²) in [6, 6.07) is 11.6. The fraction of sp³-hybridized carbons (Fsp3) is 0.450. The van der Waals surface area contributed by atoms with Crippen LogP contribution in [0.3, 0.4) is 0 Å². The van der Waals surface area contributed by atoms with E-state index in [0.29, 0.717) is 25.3 Å². The van der Waals surface area contributed by atoms with Gasteiger partial charge >= 0.3 is 0 Å². The molecular formula is C20H30N4O2. The molecule has 0 radical (unpaired) electrons. The number of aromatic nitrogens is 1. The third-order valence-corrected chi connectivity index (χ3v) is 3.90. The number of hydrogen-bond donors (Lipinski definition) is 4. The van der Waals surface area contributed by atoms with Crippen molar-refractivity contribution in [3.8, 4) is 5.75 Å². The molecule has 0 amide bonds. The number of benzene rings is 1. The molecule has 1 unspecified atom stereocenters. The molecule has 1 aromatic heterocycles. The number of pyridine rings is 1. The zero-order chi connectivity index (χ0) is 19.0. The molecule has 2 aromatic rings. The Bertz CT molecular complexity index is 668. The molecule has 0 aliphatic carbocycles. The maximum atomic E-state index is 10.1. The van der Waals surface area contributed by atoms with E-state index in [2.05, 4.69) is 42.5 Å². The van der Waals surface area contributed by atoms with E-state index in [9.17, 15) is 5.11 Å². The lowest BCUT2D eigenvalue weighted by atomic mass is 9.86. The summed E-state index contributed by atoms with van der Waals surface area (Å²) < 4.78 is 5.84. The molecule has 0 saturated heterocycles. The lowest BCUT2D eigenvalue weighted by molar-refractivity contribution is 0.106. The quantitative estimate of drug-likeness (QED) is 0.515. The standard InChI is InChI=1S/C20H30N4O2/c1-20(2,3)17-6-4-5-7-18(17)26-14-16(25)13-22-10-11-23-19-9-8-15(21)12-24-19/h4-9,12,16,22,25H,10-11,13-14,21H2,1-3H3,(H,23,24). The summed E-state index contributed by atoms with van der Waals surface area (Å²) in [6.45, 7) is 8.59. The molecular weight excluding hydrogens is 328 g/mol. The molecule has 0 fully saturated rings. The van der Waals surface area contributed by atoms with E-state index < -0.39 is 6.10 Å². The van der Waals surface area contributed by atoms with Gasteiger partial charge in [0.2, 0.25) is 0 Å². The number of nitrogen functional groups attached to an aromatic ring is 1. The molecule has 6 nitrogen and oxygen atoms in total. The Morgan fingerprint density at radius 1 is 1.15 bits per heavy atom. The Morgan fingerprint density at radius 2 is 1.92 bits per heavy atom. The maximum absolute atomic E-state index is 10.1. The first kappa shape index (κ1) is 20.0. The minimum absolute atomic E-state index is 0.00159. The first-order valence-corrected chi connectivity index (χ1v) is 8.93. The largest absolute Gasteiger partial charge is 0.491 e. The second-order valence-electron chi connectivity index (χ2n) is 7.32. The minimum Gasteiger partial charge on any atom is -0.491 e. The predicted octanol–water partition coefficient (Wildman–Crippen LogP) is 2.40. The number of aliphatic hydroxyl groups is 1. The summed E-state index contributed by atoms with van der Waals surface area (Å²) >= 11 is 0. The molecule has 2 rings (SSSR count). The van der Waals surface area contributed by atoms with Gasteiger partial charge in [-0.2, -0.15) is 0 Å². The second-order valence-corrected chi connectivity index (χ2v) is 7.32. The minimum atomic E-state index is -0.572. The smallest absolute Gasteiger partial charge is 0.126 e. The number of hydrogen-bond acceptors (Lipinski definition) is 6. The highest BCUT2D eigenvalue weighted by Crippen LogP contribution is 2.30. The number of ether oxygens (including phenoxy) is 1. The second kappa shape index (κ2) is 9.40. The summed E-state index contributed by atoms with van der Waals surface area (Å²) in [7, 11) is 0. The monoisotopic (exact) mass is 358 g/mol. The van der Waals surface area contributed by atoms with E-state index >= 15 is 0 Å². The van der Waals surface area contributed by atoms with Crippen molar-refractivity contribution in [3.05, 3.63) is 48.2 Å². The van der Waals surface area contributed by atoms with Crippen molar-refractivity contribution < 1.29 is 9.84 Å². The number of para-hydroxylation sites is 1. The zero-order valence-corrected chi connectivity index (χ0v) is 15.8. The summed E-state index contributed by atoms with van der Waals surface area (Å²) in [5.74, 6) is 1.61. The number of nitrogens with two attached hydrogens (primary N) is 1. The third kappa shape index (κ3) is 6.54. The van der Waals surface area contributed by atoms with Gasteiger partial charge in [-0.3, -0.25) is 0 Å². The average Bonchev–Trinajstić information content (AvgIpc) is 2.61. The average molecular weight is 358 g/mol. The van der Waals surface area contributed by atoms with E-state index in [0.717, 1.165) is 17.1 Å². The van der Waals surface area contributed by atoms with Crippen LogP contribution in [0.2, 0.25) is 0 Å². The van der Waals surface area contributed by atoms with E-state index in [1.807, 2.05) is 24.3 Å². The highest BCUT2D eigenvalue weighted by molar-refractivity contribution is 5.43. The van der Waals surface area contributed by atoms with Gasteiger partial charge in [-0.15, -0.1) is 0 Å². The van der Waals surface area contributed by atoms with Gasteiger partial charge in [0.15, 0.2) is 0 Å². The van der Waals surface area contributed by atoms with Crippen LogP contribution in [-0.2, 0) is 5.41 Å². The van der Waals surface area contributed by atoms with Crippen molar-refractivity contribution in [1.82, 2.24) is 10.3 Å². The van der Waals surface area contributed by atoms with E-state index in [-0.39, 0.29) is 12.0 Å². The van der Waals surface area contributed by atoms with Crippen molar-refractivity contribution >= 4 is 11.5 Å². The molecule has 1 aromatic carbocycles. The van der Waals surface area contributed by atoms with Crippen LogP contribution < -0.4 is 21.1 Å². The molecule has 1 heterocycles. The van der Waals surface area contributed by atoms with Gasteiger partial charge in [0.25, 0.3) is 0 Å². The Kier molecular flexibility index (Phi) is 7.24. The Hall–Kier alpha value is -2.31. The molecule has 0 aliphatic heterocycles. The molecule has 0 saturated carbocycles. The van der Waals surface area contributed by atoms with E-state index in [1.165, 1.54) is 0 Å². The van der Waals surface area contributed by atoms with Crippen LogP contribution in [0, 0.1) is 0 Å². The SMILES string of the molecule is CC(C)(C)c1ccccc1OCC(O)CNCCNc1ccc(N)cn1. The first-order valence-electron chi connectivity index (χ1n) is 8.93. The number of rotatable bonds is 9. The van der Waals surface area contributed by atoms with Crippen LogP contribution in [0.25, 0.3) is 0 Å². The van der Waals surface area contributed by atoms with Gasteiger partial charge in [0, 0.05) is 19.6 Å². The van der Waals surface area contributed by atoms with Crippen LogP contribution in [0.1, 0.15) is 26.3 Å². The lowest BCUT2D eigenvalue weighted by Crippen LogP contribution is -2.34. The molecule has 142 valence electrons. The summed E-state index contributed by atoms with van der Waals surface area (Å²) in [6.07, 6.45) is 1.05. The van der Waals surface area contributed by atoms with Crippen LogP contribution >= 0.6 is 0 Å². The maximum Gasteiger partial charge on any atom is 0.126 e. The van der Waals surface area contributed by atoms with Crippen LogP contribution in [0.15, 0.2) is 42.6 Å². The Balaban J connectivity index is 1.66. The van der Waals surface area contributed by atoms with Crippen molar-refractivity contribution in [2.75, 3.05) is 37.3 Å². The number of nitrogens with one attached hydrogen (secondary N) is 2. The van der Waals surface area contributed by atoms with Gasteiger partial charge in [-0.25, -0.2) is 4.98 Å². The molecule has 6 heteroatoms. The van der Waals surface area contributed by atoms with Crippen molar-refractivity contribution in [3.63, 3.8) is 0 Å². The lowest BCUT2D eigenvalue weighted by Gasteiger charge is -2.23. The molecule has 5 N–H and O–H groups in total. The molecule has 0 bridgehead atoms. The van der Waals surface area contributed by atoms with Crippen LogP contribution in [0.5, 0.6) is 5.75 Å². The Morgan fingerprint density at radius 3 is 2.62 bits per heavy atom. The van der Waals surface area contributed by atoms with E-state index in [4.69, 9.17) is 10.5 Å². The topological polar surface area (TPSA) is 92.4 Å². The highest BCUT2D eigenvalue weighted by atomic mass is 16.5. The summed E-state index contributed by atoms with van der Waals surface area (Å²) in [4.78, 5) is 4.17. The van der Waals surface area contributed by atoms with Crippen molar-refractivity contribution in [1.29, 1.82) is 0 Å². The highest BCUT2D eigenvalue weighted by Gasteiger charge is 2.18. The van der Waals surface area contributed by atoms with Gasteiger partial charge < -0.3 is 26.2 Å². The molecule has 0 spiro atoms. The van der Waals surface area contributed by atoms with Crippen molar-refractivity contribution in [2.24, 2.45) is 0 Å². The van der Waals surface area contributed by atoms with Crippen LogP contribution in [-0.4, -0.2) is 42.4 Å². The number of nitrogens with zero attached hydrogens (tertiary/aromatic N) is 1. The molecule has 0 aliphatic rings. The summed E-state index contributed by atoms with van der Waals surface area (Å²) in [5.41, 5.74) is 7.38. The third-order valence-electron chi connectivity index (χ3n) is 3.90. The van der Waals surface area contributed by atoms with Crippen LogP contribution in [0.4, 0.5) is 11.5 Å². The van der Waals surface area contributed by atoms with Crippen molar-refractivity contribution in [2.45, 2.75) is 32.3 Å². The molecule has 26 heavy (non-hydrogen) atoms. The fourth-order valence-electron chi connectivity index (χ4n) is 2.51. The fourth-order valence-corrected chi connectivity index (χ4v) is 2.51. The summed E-state index contributed by atoms with van der Waals surface area (Å²) in [5, 5.41) is 16.5. The van der Waals surface area contributed by atoms with E-state index in [1.54, 1.807) is 12.3 Å². The number of anilines is 2. The first-order chi connectivity index (χ1) is 12.4.